The molecule has 50 valence electrons. The van der Waals surface area contributed by atoms with Crippen LogP contribution >= 0.6 is 0 Å². The van der Waals surface area contributed by atoms with E-state index in [1.807, 2.05) is 19.6 Å². The minimum absolute atomic E-state index is 1.01. The van der Waals surface area contributed by atoms with Crippen LogP contribution < -0.4 is 0 Å². The van der Waals surface area contributed by atoms with E-state index in [-0.39, 0.29) is 0 Å². The van der Waals surface area contributed by atoms with Gasteiger partial charge in [0.05, 0.1) is 0 Å². The van der Waals surface area contributed by atoms with Gasteiger partial charge in [-0.05, 0) is 0 Å². The van der Waals surface area contributed by atoms with Gasteiger partial charge in [0.15, 0.2) is 0 Å². The Morgan fingerprint density at radius 2 is 1.88 bits per heavy atom. The SMILES string of the molecule is [2H][Si](C)(C)[Si]([2H])(C)CCC. The minimum atomic E-state index is -1.85. The summed E-state index contributed by atoms with van der Waals surface area (Å²) in [6.07, 6.45) is 1.08. The lowest BCUT2D eigenvalue weighted by molar-refractivity contribution is 1.07. The van der Waals surface area contributed by atoms with E-state index in [1.165, 1.54) is 0 Å². The third-order valence-corrected chi connectivity index (χ3v) is 10.3. The van der Waals surface area contributed by atoms with Crippen LogP contribution in [0.25, 0.3) is 0 Å². The first-order valence-corrected chi connectivity index (χ1v) is 9.02. The summed E-state index contributed by atoms with van der Waals surface area (Å²) >= 11 is 0. The van der Waals surface area contributed by atoms with Crippen LogP contribution in [0, 0.1) is 0 Å². The van der Waals surface area contributed by atoms with Crippen LogP contribution in [0.2, 0.25) is 25.7 Å². The highest BCUT2D eigenvalue weighted by molar-refractivity contribution is 7.20. The van der Waals surface area contributed by atoms with Crippen LogP contribution in [0.5, 0.6) is 0 Å². The van der Waals surface area contributed by atoms with Crippen molar-refractivity contribution in [2.24, 2.45) is 0 Å². The molecule has 0 amide bonds. The number of hydrogen-bond acceptors (Lipinski definition) is 0. The summed E-state index contributed by atoms with van der Waals surface area (Å²) in [6, 6.07) is 1.01. The second kappa shape index (κ2) is 4.33. The standard InChI is InChI=1S/C6H18Si2/c1-5-6-8(4)7(2)3/h7-8H,5-6H2,1-4H3/i7D,8D. The molecule has 0 heterocycles. The zero-order chi connectivity index (χ0) is 8.41. The van der Waals surface area contributed by atoms with Crippen LogP contribution in [-0.4, -0.2) is 19.0 Å². The molecule has 0 radical (unpaired) electrons. The predicted octanol–water partition coefficient (Wildman–Crippen LogP) is 1.82. The Kier molecular flexibility index (Phi) is 2.83. The van der Waals surface area contributed by atoms with Gasteiger partial charge in [0, 0.05) is 19.0 Å². The van der Waals surface area contributed by atoms with Crippen LogP contribution in [-0.2, 0) is 0 Å². The molecule has 0 bridgehead atoms. The maximum Gasteiger partial charge on any atom is 0.0244 e. The molecule has 0 aromatic rings. The summed E-state index contributed by atoms with van der Waals surface area (Å²) in [5, 5.41) is 0. The molecule has 2 heteroatoms. The van der Waals surface area contributed by atoms with Crippen LogP contribution in [0.15, 0.2) is 0 Å². The molecule has 1 atom stereocenters. The van der Waals surface area contributed by atoms with Gasteiger partial charge in [-0.1, -0.05) is 39.0 Å². The maximum absolute atomic E-state index is 7.99. The van der Waals surface area contributed by atoms with Crippen molar-refractivity contribution in [2.75, 3.05) is 0 Å². The Labute approximate surface area is 58.8 Å². The van der Waals surface area contributed by atoms with E-state index in [1.54, 1.807) is 0 Å². The van der Waals surface area contributed by atoms with Crippen LogP contribution in [0.3, 0.4) is 0 Å². The molecule has 0 saturated heterocycles. The summed E-state index contributed by atoms with van der Waals surface area (Å²) in [7, 11) is -3.70. The Balaban J connectivity index is 4.10. The van der Waals surface area contributed by atoms with Crippen molar-refractivity contribution in [1.29, 1.82) is 2.47 Å². The molecule has 1 unspecified atom stereocenters. The van der Waals surface area contributed by atoms with Crippen molar-refractivity contribution in [2.45, 2.75) is 39.0 Å². The monoisotopic (exact) mass is 148 g/mol. The molecule has 0 aromatic heterocycles. The number of hydrogen-bond donors (Lipinski definition) is 0. The molecule has 0 rings (SSSR count). The molecule has 0 spiro atoms. The van der Waals surface area contributed by atoms with E-state index in [0.29, 0.717) is 0 Å². The van der Waals surface area contributed by atoms with Crippen molar-refractivity contribution in [3.8, 4) is 0 Å². The first-order valence-electron chi connectivity index (χ1n) is 4.31. The lowest BCUT2D eigenvalue weighted by Crippen LogP contribution is -2.25. The molecule has 0 nitrogen and oxygen atoms in total. The van der Waals surface area contributed by atoms with E-state index in [9.17, 15) is 0 Å². The first kappa shape index (κ1) is 5.24. The molecule has 0 aliphatic rings. The average Bonchev–Trinajstić information content (AvgIpc) is 1.61. The van der Waals surface area contributed by atoms with Gasteiger partial charge in [0.1, 0.15) is 0 Å². The third kappa shape index (κ3) is 3.44. The van der Waals surface area contributed by atoms with E-state index in [4.69, 9.17) is 2.47 Å². The molecule has 0 saturated carbocycles. The van der Waals surface area contributed by atoms with E-state index in [2.05, 4.69) is 6.92 Å². The molecule has 0 fully saturated rings. The summed E-state index contributed by atoms with van der Waals surface area (Å²) in [6.45, 7) is 8.15. The van der Waals surface area contributed by atoms with Gasteiger partial charge >= 0.3 is 0 Å². The molecular formula is C6H18Si2. The Hall–Kier alpha value is 0.434. The normalized spacial score (nSPS) is 23.5. The zero-order valence-corrected chi connectivity index (χ0v) is 8.41. The van der Waals surface area contributed by atoms with Gasteiger partial charge in [-0.3, -0.25) is 0 Å². The van der Waals surface area contributed by atoms with Gasteiger partial charge in [-0.2, -0.15) is 0 Å². The predicted molar refractivity (Wildman–Crippen MR) is 47.0 cm³/mol. The minimum Gasteiger partial charge on any atom is -0.0743 e. The van der Waals surface area contributed by atoms with Gasteiger partial charge in [0.2, 0.25) is 0 Å². The smallest absolute Gasteiger partial charge is 0.0244 e. The van der Waals surface area contributed by atoms with Gasteiger partial charge < -0.3 is 0 Å². The molecule has 0 aliphatic carbocycles. The van der Waals surface area contributed by atoms with E-state index >= 15 is 0 Å². The van der Waals surface area contributed by atoms with Crippen molar-refractivity contribution in [3.05, 3.63) is 0 Å². The quantitative estimate of drug-likeness (QED) is 0.536. The van der Waals surface area contributed by atoms with Crippen LogP contribution in [0.4, 0.5) is 0 Å². The van der Waals surface area contributed by atoms with Crippen molar-refractivity contribution >= 4 is 16.5 Å². The highest BCUT2D eigenvalue weighted by atomic mass is 29.2. The molecular weight excluding hydrogens is 128 g/mol. The lowest BCUT2D eigenvalue weighted by atomic mass is 10.6. The molecule has 8 heavy (non-hydrogen) atoms. The topological polar surface area (TPSA) is 0 Å². The van der Waals surface area contributed by atoms with Crippen molar-refractivity contribution < 1.29 is 0 Å². The second-order valence-corrected chi connectivity index (χ2v) is 12.2. The highest BCUT2D eigenvalue weighted by Crippen LogP contribution is 1.99. The third-order valence-electron chi connectivity index (χ3n) is 1.48. The average molecular weight is 148 g/mol. The zero-order valence-electron chi connectivity index (χ0n) is 8.41. The first-order chi connectivity index (χ1) is 4.31. The summed E-state index contributed by atoms with van der Waals surface area (Å²) < 4.78 is 15.8. The van der Waals surface area contributed by atoms with Gasteiger partial charge in [-0.15, -0.1) is 0 Å². The van der Waals surface area contributed by atoms with Crippen LogP contribution in [0.1, 0.15) is 13.3 Å². The van der Waals surface area contributed by atoms with Crippen molar-refractivity contribution in [3.63, 3.8) is 0 Å². The maximum atomic E-state index is 7.99. The fourth-order valence-corrected chi connectivity index (χ4v) is 4.12. The van der Waals surface area contributed by atoms with E-state index < -0.39 is 16.5 Å². The summed E-state index contributed by atoms with van der Waals surface area (Å²) in [5.41, 5.74) is 0. The van der Waals surface area contributed by atoms with Crippen molar-refractivity contribution in [1.82, 2.24) is 0 Å². The molecule has 0 aliphatic heterocycles. The lowest BCUT2D eigenvalue weighted by Gasteiger charge is -2.09. The molecule has 0 N–H and O–H groups in total. The summed E-state index contributed by atoms with van der Waals surface area (Å²) in [4.78, 5) is 0. The van der Waals surface area contributed by atoms with E-state index in [0.717, 1.165) is 12.5 Å². The summed E-state index contributed by atoms with van der Waals surface area (Å²) in [5.74, 6) is 0. The van der Waals surface area contributed by atoms with Gasteiger partial charge in [-0.25, -0.2) is 0 Å². The fourth-order valence-electron chi connectivity index (χ4n) is 0.625. The molecule has 0 aromatic carbocycles. The Bertz CT molecular complexity index is 107. The largest absolute Gasteiger partial charge is 0.0743 e. The number of rotatable bonds is 3. The Morgan fingerprint density at radius 1 is 1.38 bits per heavy atom. The fraction of sp³-hybridized carbons (Fsp3) is 1.00. The van der Waals surface area contributed by atoms with Gasteiger partial charge in [0.25, 0.3) is 0 Å². The Morgan fingerprint density at radius 3 is 2.00 bits per heavy atom. The highest BCUT2D eigenvalue weighted by Gasteiger charge is 2.06. The second-order valence-electron chi connectivity index (χ2n) is 2.53.